The van der Waals surface area contributed by atoms with Gasteiger partial charge in [-0.3, -0.25) is 10.1 Å². The normalized spacial score (nSPS) is 16.5. The molecule has 1 aromatic carbocycles. The van der Waals surface area contributed by atoms with Crippen LogP contribution in [-0.2, 0) is 0 Å². The lowest BCUT2D eigenvalue weighted by Crippen LogP contribution is -2.33. The molecule has 5 nitrogen and oxygen atoms in total. The van der Waals surface area contributed by atoms with Gasteiger partial charge in [-0.1, -0.05) is 13.3 Å². The summed E-state index contributed by atoms with van der Waals surface area (Å²) in [6, 6.07) is 5.10. The highest BCUT2D eigenvalue weighted by Crippen LogP contribution is 2.40. The van der Waals surface area contributed by atoms with Crippen molar-refractivity contribution in [3.8, 4) is 0 Å². The Hall–Kier alpha value is -1.78. The summed E-state index contributed by atoms with van der Waals surface area (Å²) in [6.07, 6.45) is 3.75. The van der Waals surface area contributed by atoms with E-state index in [2.05, 4.69) is 17.6 Å². The number of anilines is 2. The molecule has 0 saturated heterocycles. The molecule has 5 heteroatoms. The maximum absolute atomic E-state index is 10.9. The molecule has 0 aromatic heterocycles. The average Bonchev–Trinajstić information content (AvgIpc) is 2.34. The van der Waals surface area contributed by atoms with Crippen LogP contribution in [0.2, 0.25) is 0 Å². The van der Waals surface area contributed by atoms with Crippen molar-refractivity contribution in [2.75, 3.05) is 23.7 Å². The van der Waals surface area contributed by atoms with Crippen LogP contribution in [0.5, 0.6) is 0 Å². The predicted molar refractivity (Wildman–Crippen MR) is 77.7 cm³/mol. The molecule has 0 unspecified atom stereocenters. The van der Waals surface area contributed by atoms with E-state index in [1.54, 1.807) is 12.1 Å². The number of nitrogens with one attached hydrogen (secondary N) is 2. The zero-order valence-electron chi connectivity index (χ0n) is 11.5. The predicted octanol–water partition coefficient (Wildman–Crippen LogP) is 3.63. The molecular formula is C14H21N3O2. The van der Waals surface area contributed by atoms with Gasteiger partial charge in [-0.25, -0.2) is 0 Å². The fourth-order valence-corrected chi connectivity index (χ4v) is 2.40. The van der Waals surface area contributed by atoms with E-state index in [0.717, 1.165) is 24.5 Å². The van der Waals surface area contributed by atoms with E-state index in [1.807, 2.05) is 13.0 Å². The molecule has 1 aliphatic carbocycles. The number of nitrogens with zero attached hydrogens (tertiary/aromatic N) is 1. The molecule has 104 valence electrons. The molecule has 0 aliphatic heterocycles. The van der Waals surface area contributed by atoms with Gasteiger partial charge < -0.3 is 10.6 Å². The third kappa shape index (κ3) is 3.36. The molecule has 0 amide bonds. The van der Waals surface area contributed by atoms with Crippen molar-refractivity contribution >= 4 is 17.1 Å². The Morgan fingerprint density at radius 1 is 1.26 bits per heavy atom. The summed E-state index contributed by atoms with van der Waals surface area (Å²) in [6.45, 7) is 5.85. The first-order valence-electron chi connectivity index (χ1n) is 6.80. The summed E-state index contributed by atoms with van der Waals surface area (Å²) in [5.41, 5.74) is 2.08. The van der Waals surface area contributed by atoms with E-state index in [-0.39, 0.29) is 10.6 Å². The van der Waals surface area contributed by atoms with Crippen LogP contribution in [0.15, 0.2) is 18.2 Å². The minimum Gasteiger partial charge on any atom is -0.385 e. The Balaban J connectivity index is 2.11. The van der Waals surface area contributed by atoms with Gasteiger partial charge in [-0.05, 0) is 31.2 Å². The van der Waals surface area contributed by atoms with Crippen LogP contribution in [-0.4, -0.2) is 18.0 Å². The van der Waals surface area contributed by atoms with Gasteiger partial charge in [0, 0.05) is 36.6 Å². The first-order chi connectivity index (χ1) is 9.02. The minimum atomic E-state index is -0.350. The van der Waals surface area contributed by atoms with Gasteiger partial charge in [0.1, 0.15) is 0 Å². The van der Waals surface area contributed by atoms with Crippen molar-refractivity contribution in [1.82, 2.24) is 0 Å². The fourth-order valence-electron chi connectivity index (χ4n) is 2.40. The zero-order valence-corrected chi connectivity index (χ0v) is 11.5. The number of non-ortho nitro benzene ring substituents is 1. The molecule has 0 spiro atoms. The Kier molecular flexibility index (Phi) is 3.93. The van der Waals surface area contributed by atoms with Crippen molar-refractivity contribution in [1.29, 1.82) is 0 Å². The van der Waals surface area contributed by atoms with E-state index in [9.17, 15) is 10.1 Å². The molecule has 2 rings (SSSR count). The second-order valence-corrected chi connectivity index (χ2v) is 5.57. The van der Waals surface area contributed by atoms with Crippen LogP contribution in [0.25, 0.3) is 0 Å². The smallest absolute Gasteiger partial charge is 0.273 e. The summed E-state index contributed by atoms with van der Waals surface area (Å²) in [7, 11) is 0. The van der Waals surface area contributed by atoms with Crippen LogP contribution in [0.1, 0.15) is 33.1 Å². The standard InChI is InChI=1S/C14H21N3O2/c1-3-15-11-7-12(9-13(8-11)17(18)19)16-10-14(2)5-4-6-14/h7-9,15-16H,3-6,10H2,1-2H3. The number of nitro benzene ring substituents is 1. The second-order valence-electron chi connectivity index (χ2n) is 5.57. The van der Waals surface area contributed by atoms with Gasteiger partial charge in [0.15, 0.2) is 0 Å². The largest absolute Gasteiger partial charge is 0.385 e. The SMILES string of the molecule is CCNc1cc(NCC2(C)CCC2)cc([N+](=O)[O-])c1. The van der Waals surface area contributed by atoms with Crippen molar-refractivity contribution in [3.63, 3.8) is 0 Å². The Labute approximate surface area is 113 Å². The Morgan fingerprint density at radius 2 is 1.89 bits per heavy atom. The van der Waals surface area contributed by atoms with Crippen LogP contribution in [0.3, 0.4) is 0 Å². The molecule has 0 bridgehead atoms. The van der Waals surface area contributed by atoms with E-state index < -0.39 is 0 Å². The van der Waals surface area contributed by atoms with Gasteiger partial charge in [-0.2, -0.15) is 0 Å². The van der Waals surface area contributed by atoms with Crippen LogP contribution < -0.4 is 10.6 Å². The van der Waals surface area contributed by atoms with Crippen molar-refractivity contribution < 1.29 is 4.92 Å². The lowest BCUT2D eigenvalue weighted by atomic mass is 9.70. The van der Waals surface area contributed by atoms with Gasteiger partial charge >= 0.3 is 0 Å². The van der Waals surface area contributed by atoms with Gasteiger partial charge in [0.25, 0.3) is 5.69 Å². The van der Waals surface area contributed by atoms with Gasteiger partial charge in [0.05, 0.1) is 4.92 Å². The lowest BCUT2D eigenvalue weighted by molar-refractivity contribution is -0.384. The van der Waals surface area contributed by atoms with Gasteiger partial charge in [-0.15, -0.1) is 0 Å². The average molecular weight is 263 g/mol. The van der Waals surface area contributed by atoms with Crippen molar-refractivity contribution in [2.45, 2.75) is 33.1 Å². The van der Waals surface area contributed by atoms with Crippen molar-refractivity contribution in [2.24, 2.45) is 5.41 Å². The Bertz CT molecular complexity index is 470. The van der Waals surface area contributed by atoms with E-state index >= 15 is 0 Å². The van der Waals surface area contributed by atoms with Crippen LogP contribution in [0, 0.1) is 15.5 Å². The number of benzene rings is 1. The highest BCUT2D eigenvalue weighted by atomic mass is 16.6. The number of hydrogen-bond acceptors (Lipinski definition) is 4. The number of nitro groups is 1. The topological polar surface area (TPSA) is 67.2 Å². The van der Waals surface area contributed by atoms with E-state index in [4.69, 9.17) is 0 Å². The summed E-state index contributed by atoms with van der Waals surface area (Å²) < 4.78 is 0. The monoisotopic (exact) mass is 263 g/mol. The minimum absolute atomic E-state index is 0.125. The lowest BCUT2D eigenvalue weighted by Gasteiger charge is -2.38. The molecule has 1 aromatic rings. The summed E-state index contributed by atoms with van der Waals surface area (Å²) in [4.78, 5) is 10.6. The molecule has 1 aliphatic rings. The van der Waals surface area contributed by atoms with Crippen molar-refractivity contribution in [3.05, 3.63) is 28.3 Å². The molecule has 1 saturated carbocycles. The fraction of sp³-hybridized carbons (Fsp3) is 0.571. The molecule has 0 radical (unpaired) electrons. The quantitative estimate of drug-likeness (QED) is 0.607. The maximum atomic E-state index is 10.9. The Morgan fingerprint density at radius 3 is 2.37 bits per heavy atom. The summed E-state index contributed by atoms with van der Waals surface area (Å²) in [5.74, 6) is 0. The molecular weight excluding hydrogens is 242 g/mol. The van der Waals surface area contributed by atoms with E-state index in [1.165, 1.54) is 19.3 Å². The third-order valence-corrected chi connectivity index (χ3v) is 3.79. The molecule has 1 fully saturated rings. The number of rotatable bonds is 6. The third-order valence-electron chi connectivity index (χ3n) is 3.79. The highest BCUT2D eigenvalue weighted by molar-refractivity contribution is 5.63. The summed E-state index contributed by atoms with van der Waals surface area (Å²) in [5, 5.41) is 17.4. The zero-order chi connectivity index (χ0) is 13.9. The summed E-state index contributed by atoms with van der Waals surface area (Å²) >= 11 is 0. The first kappa shape index (κ1) is 13.6. The maximum Gasteiger partial charge on any atom is 0.273 e. The number of hydrogen-bond donors (Lipinski definition) is 2. The molecule has 2 N–H and O–H groups in total. The highest BCUT2D eigenvalue weighted by Gasteiger charge is 2.31. The first-order valence-corrected chi connectivity index (χ1v) is 6.80. The van der Waals surface area contributed by atoms with Crippen LogP contribution in [0.4, 0.5) is 17.1 Å². The van der Waals surface area contributed by atoms with Gasteiger partial charge in [0.2, 0.25) is 0 Å². The second kappa shape index (κ2) is 5.47. The van der Waals surface area contributed by atoms with Crippen LogP contribution >= 0.6 is 0 Å². The molecule has 19 heavy (non-hydrogen) atoms. The molecule has 0 heterocycles. The van der Waals surface area contributed by atoms with E-state index in [0.29, 0.717) is 5.41 Å². The molecule has 0 atom stereocenters.